The Morgan fingerprint density at radius 3 is 2.68 bits per heavy atom. The highest BCUT2D eigenvalue weighted by molar-refractivity contribution is 5.19. The number of benzene rings is 1. The molecule has 0 amide bonds. The van der Waals surface area contributed by atoms with Gasteiger partial charge in [0.1, 0.15) is 11.6 Å². The van der Waals surface area contributed by atoms with Crippen molar-refractivity contribution in [3.05, 3.63) is 35.4 Å². The molecule has 2 nitrogen and oxygen atoms in total. The quantitative estimate of drug-likeness (QED) is 0.903. The van der Waals surface area contributed by atoms with E-state index in [0.29, 0.717) is 18.5 Å². The lowest BCUT2D eigenvalue weighted by Gasteiger charge is -2.36. The minimum Gasteiger partial charge on any atom is -0.311 e. The summed E-state index contributed by atoms with van der Waals surface area (Å²) in [5.74, 6) is -0.314. The lowest BCUT2D eigenvalue weighted by molar-refractivity contribution is 0.159. The van der Waals surface area contributed by atoms with Crippen LogP contribution >= 0.6 is 0 Å². The first-order valence-electron chi connectivity index (χ1n) is 7.00. The maximum atomic E-state index is 13.6. The Morgan fingerprint density at radius 1 is 1.37 bits per heavy atom. The normalized spacial score (nSPS) is 22.4. The molecule has 4 heteroatoms. The van der Waals surface area contributed by atoms with E-state index in [2.05, 4.69) is 24.1 Å². The van der Waals surface area contributed by atoms with E-state index < -0.39 is 11.6 Å². The molecule has 1 saturated heterocycles. The molecule has 1 aliphatic rings. The molecule has 0 radical (unpaired) electrons. The highest BCUT2D eigenvalue weighted by Crippen LogP contribution is 2.18. The van der Waals surface area contributed by atoms with E-state index in [1.54, 1.807) is 0 Å². The second kappa shape index (κ2) is 6.44. The van der Waals surface area contributed by atoms with E-state index in [-0.39, 0.29) is 5.56 Å². The topological polar surface area (TPSA) is 15.3 Å². The standard InChI is InChI=1S/C15H22F2N2/c1-3-11(2)15-10-19(8-7-18-15)9-12-13(16)5-4-6-14(12)17/h4-6,11,15,18H,3,7-10H2,1-2H3. The molecule has 0 spiro atoms. The number of nitrogens with zero attached hydrogens (tertiary/aromatic N) is 1. The van der Waals surface area contributed by atoms with Gasteiger partial charge in [-0.1, -0.05) is 26.3 Å². The van der Waals surface area contributed by atoms with E-state index in [0.717, 1.165) is 26.1 Å². The Labute approximate surface area is 113 Å². The van der Waals surface area contributed by atoms with Gasteiger partial charge in [-0.25, -0.2) is 8.78 Å². The third-order valence-corrected chi connectivity index (χ3v) is 4.06. The molecule has 1 fully saturated rings. The monoisotopic (exact) mass is 268 g/mol. The predicted molar refractivity (Wildman–Crippen MR) is 72.9 cm³/mol. The smallest absolute Gasteiger partial charge is 0.130 e. The van der Waals surface area contributed by atoms with Crippen molar-refractivity contribution < 1.29 is 8.78 Å². The van der Waals surface area contributed by atoms with Gasteiger partial charge in [0, 0.05) is 37.8 Å². The summed E-state index contributed by atoms with van der Waals surface area (Å²) in [6.07, 6.45) is 1.11. The summed E-state index contributed by atoms with van der Waals surface area (Å²) in [7, 11) is 0. The van der Waals surface area contributed by atoms with Gasteiger partial charge in [0.2, 0.25) is 0 Å². The van der Waals surface area contributed by atoms with Crippen LogP contribution in [0.5, 0.6) is 0 Å². The maximum absolute atomic E-state index is 13.6. The molecule has 1 aliphatic heterocycles. The number of halogens is 2. The Balaban J connectivity index is 2.03. The molecule has 0 saturated carbocycles. The van der Waals surface area contributed by atoms with Crippen LogP contribution in [0.2, 0.25) is 0 Å². The van der Waals surface area contributed by atoms with Crippen LogP contribution in [-0.2, 0) is 6.54 Å². The van der Waals surface area contributed by atoms with E-state index in [4.69, 9.17) is 0 Å². The summed E-state index contributed by atoms with van der Waals surface area (Å²) in [6.45, 7) is 7.30. The van der Waals surface area contributed by atoms with Gasteiger partial charge in [-0.2, -0.15) is 0 Å². The molecule has 2 rings (SSSR count). The van der Waals surface area contributed by atoms with Crippen LogP contribution in [0.15, 0.2) is 18.2 Å². The summed E-state index contributed by atoms with van der Waals surface area (Å²) in [6, 6.07) is 4.47. The second-order valence-corrected chi connectivity index (χ2v) is 5.38. The lowest BCUT2D eigenvalue weighted by atomic mass is 9.97. The van der Waals surface area contributed by atoms with E-state index in [1.165, 1.54) is 18.2 Å². The van der Waals surface area contributed by atoms with Gasteiger partial charge in [0.25, 0.3) is 0 Å². The Hall–Kier alpha value is -1.00. The number of hydrogen-bond donors (Lipinski definition) is 1. The molecule has 106 valence electrons. The lowest BCUT2D eigenvalue weighted by Crippen LogP contribution is -2.52. The van der Waals surface area contributed by atoms with Gasteiger partial charge in [-0.3, -0.25) is 4.90 Å². The number of nitrogens with one attached hydrogen (secondary N) is 1. The SMILES string of the molecule is CCC(C)C1CN(Cc2c(F)cccc2F)CCN1. The third-order valence-electron chi connectivity index (χ3n) is 4.06. The zero-order valence-corrected chi connectivity index (χ0v) is 11.6. The van der Waals surface area contributed by atoms with Crippen molar-refractivity contribution in [1.29, 1.82) is 0 Å². The third kappa shape index (κ3) is 3.51. The fourth-order valence-electron chi connectivity index (χ4n) is 2.56. The largest absolute Gasteiger partial charge is 0.311 e. The van der Waals surface area contributed by atoms with Crippen molar-refractivity contribution in [3.8, 4) is 0 Å². The van der Waals surface area contributed by atoms with Crippen molar-refractivity contribution in [1.82, 2.24) is 10.2 Å². The van der Waals surface area contributed by atoms with Crippen LogP contribution in [0, 0.1) is 17.6 Å². The second-order valence-electron chi connectivity index (χ2n) is 5.38. The molecule has 1 heterocycles. The Morgan fingerprint density at radius 2 is 2.05 bits per heavy atom. The summed E-state index contributed by atoms with van der Waals surface area (Å²) in [4.78, 5) is 2.13. The summed E-state index contributed by atoms with van der Waals surface area (Å²) in [5.41, 5.74) is 0.187. The molecule has 1 N–H and O–H groups in total. The highest BCUT2D eigenvalue weighted by Gasteiger charge is 2.24. The van der Waals surface area contributed by atoms with Gasteiger partial charge < -0.3 is 5.32 Å². The summed E-state index contributed by atoms with van der Waals surface area (Å²) >= 11 is 0. The molecule has 1 aromatic rings. The first-order chi connectivity index (χ1) is 9.11. The van der Waals surface area contributed by atoms with Crippen molar-refractivity contribution in [2.45, 2.75) is 32.9 Å². The predicted octanol–water partition coefficient (Wildman–Crippen LogP) is 2.78. The number of hydrogen-bond acceptors (Lipinski definition) is 2. The number of piperazine rings is 1. The molecular formula is C15H22F2N2. The molecule has 2 atom stereocenters. The minimum absolute atomic E-state index is 0.187. The van der Waals surface area contributed by atoms with Crippen LogP contribution in [0.3, 0.4) is 0 Å². The first kappa shape index (κ1) is 14.4. The van der Waals surface area contributed by atoms with Crippen LogP contribution < -0.4 is 5.32 Å². The zero-order chi connectivity index (χ0) is 13.8. The van der Waals surface area contributed by atoms with Crippen molar-refractivity contribution in [2.75, 3.05) is 19.6 Å². The minimum atomic E-state index is -0.446. The van der Waals surface area contributed by atoms with Crippen molar-refractivity contribution >= 4 is 0 Å². The average molecular weight is 268 g/mol. The highest BCUT2D eigenvalue weighted by atomic mass is 19.1. The molecule has 0 bridgehead atoms. The van der Waals surface area contributed by atoms with Gasteiger partial charge in [-0.05, 0) is 18.1 Å². The van der Waals surface area contributed by atoms with Gasteiger partial charge >= 0.3 is 0 Å². The fourth-order valence-corrected chi connectivity index (χ4v) is 2.56. The van der Waals surface area contributed by atoms with Crippen molar-refractivity contribution in [3.63, 3.8) is 0 Å². The molecule has 2 unspecified atom stereocenters. The maximum Gasteiger partial charge on any atom is 0.130 e. The molecular weight excluding hydrogens is 246 g/mol. The first-order valence-corrected chi connectivity index (χ1v) is 7.00. The van der Waals surface area contributed by atoms with Crippen LogP contribution in [-0.4, -0.2) is 30.6 Å². The van der Waals surface area contributed by atoms with Crippen LogP contribution in [0.4, 0.5) is 8.78 Å². The number of rotatable bonds is 4. The van der Waals surface area contributed by atoms with Gasteiger partial charge in [0.05, 0.1) is 0 Å². The Kier molecular flexibility index (Phi) is 4.88. The van der Waals surface area contributed by atoms with Crippen LogP contribution in [0.25, 0.3) is 0 Å². The molecule has 0 aromatic heterocycles. The van der Waals surface area contributed by atoms with E-state index >= 15 is 0 Å². The molecule has 0 aliphatic carbocycles. The van der Waals surface area contributed by atoms with E-state index in [9.17, 15) is 8.78 Å². The van der Waals surface area contributed by atoms with Gasteiger partial charge in [-0.15, -0.1) is 0 Å². The summed E-state index contributed by atoms with van der Waals surface area (Å²) in [5, 5.41) is 3.49. The summed E-state index contributed by atoms with van der Waals surface area (Å²) < 4.78 is 27.3. The van der Waals surface area contributed by atoms with Crippen LogP contribution in [0.1, 0.15) is 25.8 Å². The molecule has 1 aromatic carbocycles. The fraction of sp³-hybridized carbons (Fsp3) is 0.600. The van der Waals surface area contributed by atoms with Crippen molar-refractivity contribution in [2.24, 2.45) is 5.92 Å². The van der Waals surface area contributed by atoms with Gasteiger partial charge in [0.15, 0.2) is 0 Å². The Bertz CT molecular complexity index is 402. The van der Waals surface area contributed by atoms with E-state index in [1.807, 2.05) is 0 Å². The molecule has 19 heavy (non-hydrogen) atoms. The zero-order valence-electron chi connectivity index (χ0n) is 11.6. The average Bonchev–Trinajstić information content (AvgIpc) is 2.42.